The standard InChI is InChI=1S/C13H10BrFN4O/c1-8-11(14)6-19(17-8)7-12-16-13(18-20-12)9-2-4-10(15)5-3-9/h2-6H,7H2,1H3. The maximum atomic E-state index is 12.9. The first kappa shape index (κ1) is 13.0. The smallest absolute Gasteiger partial charge is 0.248 e. The third-order valence-corrected chi connectivity index (χ3v) is 3.53. The van der Waals surface area contributed by atoms with E-state index in [0.29, 0.717) is 23.8 Å². The molecule has 5 nitrogen and oxygen atoms in total. The number of hydrogen-bond acceptors (Lipinski definition) is 4. The van der Waals surface area contributed by atoms with Crippen LogP contribution >= 0.6 is 15.9 Å². The Hall–Kier alpha value is -2.02. The highest BCUT2D eigenvalue weighted by molar-refractivity contribution is 9.10. The molecule has 7 heteroatoms. The molecule has 0 radical (unpaired) electrons. The molecule has 3 aromatic rings. The summed E-state index contributed by atoms with van der Waals surface area (Å²) < 4.78 is 20.7. The predicted octanol–water partition coefficient (Wildman–Crippen LogP) is 3.19. The zero-order chi connectivity index (χ0) is 14.1. The number of halogens is 2. The van der Waals surface area contributed by atoms with Crippen molar-refractivity contribution in [3.05, 3.63) is 52.3 Å². The van der Waals surface area contributed by atoms with Gasteiger partial charge in [-0.15, -0.1) is 0 Å². The summed E-state index contributed by atoms with van der Waals surface area (Å²) in [5, 5.41) is 8.17. The van der Waals surface area contributed by atoms with Crippen molar-refractivity contribution >= 4 is 15.9 Å². The fourth-order valence-corrected chi connectivity index (χ4v) is 2.06. The fourth-order valence-electron chi connectivity index (χ4n) is 1.75. The average Bonchev–Trinajstić information content (AvgIpc) is 2.99. The van der Waals surface area contributed by atoms with Crippen molar-refractivity contribution in [3.63, 3.8) is 0 Å². The molecule has 0 aliphatic heterocycles. The maximum Gasteiger partial charge on any atom is 0.248 e. The molecular weight excluding hydrogens is 327 g/mol. The Balaban J connectivity index is 1.81. The first-order chi connectivity index (χ1) is 9.61. The van der Waals surface area contributed by atoms with Gasteiger partial charge in [-0.25, -0.2) is 4.39 Å². The Morgan fingerprint density at radius 2 is 2.05 bits per heavy atom. The molecule has 0 aliphatic rings. The highest BCUT2D eigenvalue weighted by Crippen LogP contribution is 2.17. The summed E-state index contributed by atoms with van der Waals surface area (Å²) in [6, 6.07) is 5.94. The molecule has 0 saturated carbocycles. The largest absolute Gasteiger partial charge is 0.337 e. The lowest BCUT2D eigenvalue weighted by molar-refractivity contribution is 0.366. The van der Waals surface area contributed by atoms with E-state index in [0.717, 1.165) is 10.2 Å². The first-order valence-electron chi connectivity index (χ1n) is 5.90. The van der Waals surface area contributed by atoms with Crippen LogP contribution in [-0.4, -0.2) is 19.9 Å². The highest BCUT2D eigenvalue weighted by atomic mass is 79.9. The lowest BCUT2D eigenvalue weighted by atomic mass is 10.2. The Bertz CT molecular complexity index is 716. The summed E-state index contributed by atoms with van der Waals surface area (Å²) in [6.07, 6.45) is 1.84. The van der Waals surface area contributed by atoms with E-state index in [1.165, 1.54) is 12.1 Å². The van der Waals surface area contributed by atoms with Crippen LogP contribution in [0.1, 0.15) is 11.6 Å². The van der Waals surface area contributed by atoms with Gasteiger partial charge in [0.25, 0.3) is 0 Å². The normalized spacial score (nSPS) is 10.9. The number of rotatable bonds is 3. The summed E-state index contributed by atoms with van der Waals surface area (Å²) in [5.41, 5.74) is 1.60. The molecule has 0 saturated heterocycles. The Labute approximate surface area is 122 Å². The van der Waals surface area contributed by atoms with Gasteiger partial charge in [-0.2, -0.15) is 10.1 Å². The van der Waals surface area contributed by atoms with Gasteiger partial charge in [0.15, 0.2) is 0 Å². The van der Waals surface area contributed by atoms with Crippen LogP contribution in [0, 0.1) is 12.7 Å². The van der Waals surface area contributed by atoms with E-state index < -0.39 is 0 Å². The van der Waals surface area contributed by atoms with Crippen LogP contribution in [0.15, 0.2) is 39.5 Å². The second kappa shape index (κ2) is 5.16. The van der Waals surface area contributed by atoms with Crippen molar-refractivity contribution in [1.29, 1.82) is 0 Å². The van der Waals surface area contributed by atoms with Gasteiger partial charge in [-0.3, -0.25) is 4.68 Å². The molecule has 0 unspecified atom stereocenters. The van der Waals surface area contributed by atoms with E-state index >= 15 is 0 Å². The van der Waals surface area contributed by atoms with Crippen LogP contribution in [0.2, 0.25) is 0 Å². The SMILES string of the molecule is Cc1nn(Cc2nc(-c3ccc(F)cc3)no2)cc1Br. The van der Waals surface area contributed by atoms with Gasteiger partial charge in [-0.05, 0) is 47.1 Å². The van der Waals surface area contributed by atoms with Crippen LogP contribution < -0.4 is 0 Å². The minimum absolute atomic E-state index is 0.297. The molecule has 0 amide bonds. The molecule has 0 aliphatic carbocycles. The third kappa shape index (κ3) is 2.62. The van der Waals surface area contributed by atoms with Crippen molar-refractivity contribution in [2.45, 2.75) is 13.5 Å². The van der Waals surface area contributed by atoms with E-state index in [-0.39, 0.29) is 5.82 Å². The van der Waals surface area contributed by atoms with Gasteiger partial charge in [0, 0.05) is 11.8 Å². The quantitative estimate of drug-likeness (QED) is 0.737. The second-order valence-electron chi connectivity index (χ2n) is 4.28. The molecular formula is C13H10BrFN4O. The molecule has 2 heterocycles. The van der Waals surface area contributed by atoms with E-state index in [1.807, 2.05) is 13.1 Å². The highest BCUT2D eigenvalue weighted by Gasteiger charge is 2.10. The molecule has 0 fully saturated rings. The Morgan fingerprint density at radius 3 is 2.70 bits per heavy atom. The number of nitrogens with zero attached hydrogens (tertiary/aromatic N) is 4. The van der Waals surface area contributed by atoms with Crippen molar-refractivity contribution in [2.24, 2.45) is 0 Å². The summed E-state index contributed by atoms with van der Waals surface area (Å²) in [7, 11) is 0. The summed E-state index contributed by atoms with van der Waals surface area (Å²) >= 11 is 3.39. The second-order valence-corrected chi connectivity index (χ2v) is 5.13. The van der Waals surface area contributed by atoms with Gasteiger partial charge in [0.1, 0.15) is 12.4 Å². The minimum atomic E-state index is -0.297. The number of benzene rings is 1. The molecule has 0 bridgehead atoms. The predicted molar refractivity (Wildman–Crippen MR) is 73.5 cm³/mol. The van der Waals surface area contributed by atoms with Gasteiger partial charge in [0.05, 0.1) is 10.2 Å². The van der Waals surface area contributed by atoms with Crippen LogP contribution in [-0.2, 0) is 6.54 Å². The molecule has 2 aromatic heterocycles. The lowest BCUT2D eigenvalue weighted by Crippen LogP contribution is -2.00. The summed E-state index contributed by atoms with van der Waals surface area (Å²) in [5.74, 6) is 0.580. The Morgan fingerprint density at radius 1 is 1.30 bits per heavy atom. The monoisotopic (exact) mass is 336 g/mol. The minimum Gasteiger partial charge on any atom is -0.337 e. The summed E-state index contributed by atoms with van der Waals surface area (Å²) in [4.78, 5) is 4.27. The zero-order valence-electron chi connectivity index (χ0n) is 10.5. The van der Waals surface area contributed by atoms with E-state index in [1.54, 1.807) is 16.8 Å². The molecule has 0 spiro atoms. The number of aryl methyl sites for hydroxylation is 1. The summed E-state index contributed by atoms with van der Waals surface area (Å²) in [6.45, 7) is 2.29. The molecule has 0 N–H and O–H groups in total. The van der Waals surface area contributed by atoms with Crippen molar-refractivity contribution < 1.29 is 8.91 Å². The maximum absolute atomic E-state index is 12.9. The van der Waals surface area contributed by atoms with Gasteiger partial charge in [0.2, 0.25) is 11.7 Å². The molecule has 3 rings (SSSR count). The van der Waals surface area contributed by atoms with Crippen LogP contribution in [0.4, 0.5) is 4.39 Å². The number of hydrogen-bond donors (Lipinski definition) is 0. The van der Waals surface area contributed by atoms with Crippen molar-refractivity contribution in [1.82, 2.24) is 19.9 Å². The Kier molecular flexibility index (Phi) is 3.35. The van der Waals surface area contributed by atoms with Gasteiger partial charge < -0.3 is 4.52 Å². The number of aromatic nitrogens is 4. The van der Waals surface area contributed by atoms with E-state index in [9.17, 15) is 4.39 Å². The van der Waals surface area contributed by atoms with Gasteiger partial charge in [-0.1, -0.05) is 5.16 Å². The van der Waals surface area contributed by atoms with E-state index in [4.69, 9.17) is 4.52 Å². The van der Waals surface area contributed by atoms with E-state index in [2.05, 4.69) is 31.2 Å². The van der Waals surface area contributed by atoms with Crippen LogP contribution in [0.3, 0.4) is 0 Å². The van der Waals surface area contributed by atoms with Crippen molar-refractivity contribution in [3.8, 4) is 11.4 Å². The molecule has 20 heavy (non-hydrogen) atoms. The van der Waals surface area contributed by atoms with Crippen LogP contribution in [0.5, 0.6) is 0 Å². The average molecular weight is 337 g/mol. The zero-order valence-corrected chi connectivity index (χ0v) is 12.1. The fraction of sp³-hybridized carbons (Fsp3) is 0.154. The van der Waals surface area contributed by atoms with Crippen molar-refractivity contribution in [2.75, 3.05) is 0 Å². The van der Waals surface area contributed by atoms with Gasteiger partial charge >= 0.3 is 0 Å². The molecule has 1 aromatic carbocycles. The van der Waals surface area contributed by atoms with Crippen LogP contribution in [0.25, 0.3) is 11.4 Å². The lowest BCUT2D eigenvalue weighted by Gasteiger charge is -1.94. The topological polar surface area (TPSA) is 56.7 Å². The molecule has 0 atom stereocenters. The first-order valence-corrected chi connectivity index (χ1v) is 6.69. The third-order valence-electron chi connectivity index (χ3n) is 2.75. The molecule has 102 valence electrons.